The summed E-state index contributed by atoms with van der Waals surface area (Å²) in [7, 11) is 0. The number of allylic oxidation sites excluding steroid dienone is 2. The van der Waals surface area contributed by atoms with E-state index in [1.54, 1.807) is 0 Å². The minimum atomic E-state index is 0.672. The van der Waals surface area contributed by atoms with E-state index in [1.165, 1.54) is 11.1 Å². The van der Waals surface area contributed by atoms with Gasteiger partial charge in [0.1, 0.15) is 11.5 Å². The molecule has 0 heterocycles. The second-order valence-corrected chi connectivity index (χ2v) is 7.69. The zero-order valence-electron chi connectivity index (χ0n) is 18.8. The van der Waals surface area contributed by atoms with Crippen LogP contribution in [0.2, 0.25) is 0 Å². The number of rotatable bonds is 10. The molecule has 2 nitrogen and oxygen atoms in total. The van der Waals surface area contributed by atoms with Crippen LogP contribution in [0, 0.1) is 13.8 Å². The second kappa shape index (κ2) is 10.9. The Morgan fingerprint density at radius 1 is 0.633 bits per heavy atom. The molecule has 0 radical (unpaired) electrons. The standard InChI is InChI=1S/C28H34O2/c1-5-7-9-11-19-29-27-23-17-13-16-22(4)26(23)28(30-20-12-10-8-6-2)24-18-14-15-21(3)25(24)27/h7-10,13-18H,5-6,11-12,19-20H2,1-4H3/b9-7+,10-8+. The molecule has 0 atom stereocenters. The molecule has 30 heavy (non-hydrogen) atoms. The van der Waals surface area contributed by atoms with Gasteiger partial charge in [0.05, 0.1) is 13.2 Å². The fourth-order valence-corrected chi connectivity index (χ4v) is 3.91. The van der Waals surface area contributed by atoms with Crippen LogP contribution < -0.4 is 9.47 Å². The van der Waals surface area contributed by atoms with Crippen LogP contribution in [-0.4, -0.2) is 13.2 Å². The summed E-state index contributed by atoms with van der Waals surface area (Å²) in [6.07, 6.45) is 12.7. The van der Waals surface area contributed by atoms with Crippen LogP contribution in [0.15, 0.2) is 60.7 Å². The van der Waals surface area contributed by atoms with Gasteiger partial charge in [0.15, 0.2) is 0 Å². The second-order valence-electron chi connectivity index (χ2n) is 7.69. The van der Waals surface area contributed by atoms with Crippen LogP contribution in [0.5, 0.6) is 11.5 Å². The van der Waals surface area contributed by atoms with Crippen molar-refractivity contribution in [3.8, 4) is 11.5 Å². The molecular weight excluding hydrogens is 368 g/mol. The maximum absolute atomic E-state index is 6.41. The van der Waals surface area contributed by atoms with Gasteiger partial charge in [-0.2, -0.15) is 0 Å². The number of ether oxygens (including phenoxy) is 2. The molecule has 3 rings (SSSR count). The van der Waals surface area contributed by atoms with Crippen LogP contribution in [0.3, 0.4) is 0 Å². The quantitative estimate of drug-likeness (QED) is 0.194. The van der Waals surface area contributed by atoms with E-state index in [4.69, 9.17) is 9.47 Å². The molecule has 0 fully saturated rings. The zero-order chi connectivity index (χ0) is 21.3. The summed E-state index contributed by atoms with van der Waals surface area (Å²) >= 11 is 0. The van der Waals surface area contributed by atoms with E-state index in [9.17, 15) is 0 Å². The Morgan fingerprint density at radius 3 is 1.47 bits per heavy atom. The van der Waals surface area contributed by atoms with Crippen molar-refractivity contribution in [1.82, 2.24) is 0 Å². The highest BCUT2D eigenvalue weighted by atomic mass is 16.5. The van der Waals surface area contributed by atoms with E-state index in [2.05, 4.69) is 88.4 Å². The molecule has 0 amide bonds. The first-order chi connectivity index (χ1) is 14.7. The Labute approximate surface area is 181 Å². The molecule has 0 aliphatic rings. The molecule has 158 valence electrons. The number of fused-ring (bicyclic) bond motifs is 2. The molecule has 0 bridgehead atoms. The molecule has 0 aliphatic heterocycles. The molecule has 0 spiro atoms. The van der Waals surface area contributed by atoms with Crippen molar-refractivity contribution >= 4 is 21.5 Å². The molecule has 0 N–H and O–H groups in total. The number of aryl methyl sites for hydroxylation is 2. The Bertz CT molecular complexity index is 958. The third kappa shape index (κ3) is 4.87. The van der Waals surface area contributed by atoms with E-state index < -0.39 is 0 Å². The summed E-state index contributed by atoms with van der Waals surface area (Å²) in [5.74, 6) is 1.95. The molecule has 0 saturated heterocycles. The summed E-state index contributed by atoms with van der Waals surface area (Å²) in [6, 6.07) is 12.9. The van der Waals surface area contributed by atoms with Crippen molar-refractivity contribution in [3.05, 3.63) is 71.8 Å². The van der Waals surface area contributed by atoms with Gasteiger partial charge in [0.25, 0.3) is 0 Å². The topological polar surface area (TPSA) is 18.5 Å². The van der Waals surface area contributed by atoms with Crippen molar-refractivity contribution in [2.24, 2.45) is 0 Å². The Balaban J connectivity index is 2.11. The molecule has 3 aromatic carbocycles. The third-order valence-electron chi connectivity index (χ3n) is 5.36. The summed E-state index contributed by atoms with van der Waals surface area (Å²) in [5.41, 5.74) is 2.43. The normalized spacial score (nSPS) is 11.9. The van der Waals surface area contributed by atoms with Crippen molar-refractivity contribution in [1.29, 1.82) is 0 Å². The molecular formula is C28H34O2. The van der Waals surface area contributed by atoms with Crippen LogP contribution in [0.4, 0.5) is 0 Å². The Kier molecular flexibility index (Phi) is 7.96. The van der Waals surface area contributed by atoms with Crippen LogP contribution in [0.1, 0.15) is 50.7 Å². The van der Waals surface area contributed by atoms with Gasteiger partial charge in [-0.3, -0.25) is 0 Å². The van der Waals surface area contributed by atoms with E-state index >= 15 is 0 Å². The predicted molar refractivity (Wildman–Crippen MR) is 130 cm³/mol. The van der Waals surface area contributed by atoms with Crippen LogP contribution >= 0.6 is 0 Å². The Morgan fingerprint density at radius 2 is 1.07 bits per heavy atom. The SMILES string of the molecule is CC/C=C/CCOc1c2cccc(C)c2c(OCC/C=C/CC)c2cccc(C)c12. The molecule has 2 heteroatoms. The van der Waals surface area contributed by atoms with Crippen molar-refractivity contribution < 1.29 is 9.47 Å². The number of hydrogen-bond acceptors (Lipinski definition) is 2. The maximum Gasteiger partial charge on any atom is 0.135 e. The first-order valence-corrected chi connectivity index (χ1v) is 11.2. The Hall–Kier alpha value is -2.74. The van der Waals surface area contributed by atoms with Crippen molar-refractivity contribution in [2.45, 2.75) is 53.4 Å². The summed E-state index contributed by atoms with van der Waals surface area (Å²) in [4.78, 5) is 0. The summed E-state index contributed by atoms with van der Waals surface area (Å²) in [6.45, 7) is 9.96. The van der Waals surface area contributed by atoms with E-state index in [-0.39, 0.29) is 0 Å². The average molecular weight is 403 g/mol. The van der Waals surface area contributed by atoms with Crippen molar-refractivity contribution in [3.63, 3.8) is 0 Å². The number of hydrogen-bond donors (Lipinski definition) is 0. The fraction of sp³-hybridized carbons (Fsp3) is 0.357. The highest BCUT2D eigenvalue weighted by molar-refractivity contribution is 6.13. The lowest BCUT2D eigenvalue weighted by Crippen LogP contribution is -2.03. The van der Waals surface area contributed by atoms with Gasteiger partial charge in [-0.15, -0.1) is 0 Å². The number of benzene rings is 3. The first kappa shape index (κ1) is 22.0. The lowest BCUT2D eigenvalue weighted by atomic mass is 9.95. The summed E-state index contributed by atoms with van der Waals surface area (Å²) < 4.78 is 12.8. The minimum absolute atomic E-state index is 0.672. The van der Waals surface area contributed by atoms with Gasteiger partial charge in [-0.05, 0) is 50.7 Å². The average Bonchev–Trinajstić information content (AvgIpc) is 2.74. The molecule has 0 aromatic heterocycles. The van der Waals surface area contributed by atoms with Crippen LogP contribution in [0.25, 0.3) is 21.5 Å². The third-order valence-corrected chi connectivity index (χ3v) is 5.36. The maximum atomic E-state index is 6.41. The van der Waals surface area contributed by atoms with Crippen molar-refractivity contribution in [2.75, 3.05) is 13.2 Å². The molecule has 0 unspecified atom stereocenters. The molecule has 3 aromatic rings. The highest BCUT2D eigenvalue weighted by Gasteiger charge is 2.18. The monoisotopic (exact) mass is 402 g/mol. The van der Waals surface area contributed by atoms with Gasteiger partial charge in [-0.25, -0.2) is 0 Å². The zero-order valence-corrected chi connectivity index (χ0v) is 18.8. The van der Waals surface area contributed by atoms with Gasteiger partial charge in [-0.1, -0.05) is 74.5 Å². The van der Waals surface area contributed by atoms with Gasteiger partial charge in [0.2, 0.25) is 0 Å². The van der Waals surface area contributed by atoms with Gasteiger partial charge < -0.3 is 9.47 Å². The molecule has 0 saturated carbocycles. The van der Waals surface area contributed by atoms with Gasteiger partial charge >= 0.3 is 0 Å². The largest absolute Gasteiger partial charge is 0.492 e. The van der Waals surface area contributed by atoms with E-state index in [0.29, 0.717) is 13.2 Å². The first-order valence-electron chi connectivity index (χ1n) is 11.2. The minimum Gasteiger partial charge on any atom is -0.492 e. The lowest BCUT2D eigenvalue weighted by molar-refractivity contribution is 0.326. The summed E-state index contributed by atoms with van der Waals surface area (Å²) in [5, 5.41) is 4.59. The predicted octanol–water partition coefficient (Wildman–Crippen LogP) is 8.08. The van der Waals surface area contributed by atoms with Crippen LogP contribution in [-0.2, 0) is 0 Å². The van der Waals surface area contributed by atoms with E-state index in [1.807, 2.05) is 0 Å². The highest BCUT2D eigenvalue weighted by Crippen LogP contribution is 2.45. The molecule has 0 aliphatic carbocycles. The lowest BCUT2D eigenvalue weighted by Gasteiger charge is -2.20. The fourth-order valence-electron chi connectivity index (χ4n) is 3.91. The van der Waals surface area contributed by atoms with E-state index in [0.717, 1.165) is 58.7 Å². The van der Waals surface area contributed by atoms with Gasteiger partial charge in [0, 0.05) is 21.5 Å². The smallest absolute Gasteiger partial charge is 0.135 e.